The van der Waals surface area contributed by atoms with Gasteiger partial charge in [0.15, 0.2) is 5.60 Å². The monoisotopic (exact) mass is 551 g/mol. The lowest BCUT2D eigenvalue weighted by Crippen LogP contribution is -2.44. The number of ether oxygens (including phenoxy) is 1. The molecule has 1 aliphatic carbocycles. The molecule has 8 nitrogen and oxygen atoms in total. The van der Waals surface area contributed by atoms with Crippen LogP contribution in [0.4, 0.5) is 4.39 Å². The lowest BCUT2D eigenvalue weighted by molar-refractivity contribution is -0.172. The first-order chi connectivity index (χ1) is 18.3. The number of pyridine rings is 2. The van der Waals surface area contributed by atoms with Crippen molar-refractivity contribution in [2.75, 3.05) is 7.05 Å². The van der Waals surface area contributed by atoms with Crippen LogP contribution in [0, 0.1) is 12.7 Å². The molecule has 0 fully saturated rings. The van der Waals surface area contributed by atoms with Crippen LogP contribution >= 0.6 is 12.6 Å². The Bertz CT molecular complexity index is 1690. The van der Waals surface area contributed by atoms with Crippen molar-refractivity contribution in [3.8, 4) is 11.4 Å². The third-order valence-corrected chi connectivity index (χ3v) is 8.85. The van der Waals surface area contributed by atoms with Gasteiger partial charge in [-0.2, -0.15) is 12.6 Å². The zero-order valence-electron chi connectivity index (χ0n) is 22.5. The number of halogens is 1. The first-order valence-corrected chi connectivity index (χ1v) is 13.6. The van der Waals surface area contributed by atoms with Gasteiger partial charge in [0.25, 0.3) is 5.56 Å². The van der Waals surface area contributed by atoms with Crippen molar-refractivity contribution in [3.05, 3.63) is 61.7 Å². The molecular weight excluding hydrogens is 521 g/mol. The molecule has 204 valence electrons. The Labute approximate surface area is 230 Å². The van der Waals surface area contributed by atoms with Crippen molar-refractivity contribution >= 4 is 35.4 Å². The highest BCUT2D eigenvalue weighted by molar-refractivity contribution is 7.82. The highest BCUT2D eigenvalue weighted by atomic mass is 32.1. The molecule has 1 N–H and O–H groups in total. The molecule has 1 aromatic carbocycles. The van der Waals surface area contributed by atoms with E-state index in [-0.39, 0.29) is 54.0 Å². The van der Waals surface area contributed by atoms with Crippen LogP contribution < -0.4 is 5.56 Å². The topological polar surface area (TPSA) is 102 Å². The fraction of sp³-hybridized carbons (Fsp3) is 0.448. The molecule has 1 amide bonds. The summed E-state index contributed by atoms with van der Waals surface area (Å²) in [5.41, 5.74) is 2.57. The number of amides is 1. The summed E-state index contributed by atoms with van der Waals surface area (Å²) in [5, 5.41) is 12.0. The van der Waals surface area contributed by atoms with Gasteiger partial charge in [0.2, 0.25) is 5.91 Å². The van der Waals surface area contributed by atoms with E-state index in [0.717, 1.165) is 22.1 Å². The van der Waals surface area contributed by atoms with Crippen LogP contribution in [0.2, 0.25) is 0 Å². The van der Waals surface area contributed by atoms with Crippen LogP contribution in [0.1, 0.15) is 73.0 Å². The van der Waals surface area contributed by atoms with Gasteiger partial charge in [-0.3, -0.25) is 9.59 Å². The zero-order chi connectivity index (χ0) is 28.2. The number of fused-ring (bicyclic) bond motifs is 5. The molecule has 10 heteroatoms. The van der Waals surface area contributed by atoms with E-state index in [1.54, 1.807) is 50.3 Å². The van der Waals surface area contributed by atoms with Gasteiger partial charge in [0.05, 0.1) is 39.8 Å². The first-order valence-electron chi connectivity index (χ1n) is 13.1. The number of esters is 1. The molecular formula is C29H30FN3O5S. The van der Waals surface area contributed by atoms with E-state index in [2.05, 4.69) is 12.6 Å². The second-order valence-corrected chi connectivity index (χ2v) is 12.5. The molecule has 6 rings (SSSR count). The number of aromatic nitrogens is 2. The third kappa shape index (κ3) is 3.47. The second-order valence-electron chi connectivity index (χ2n) is 11.3. The Morgan fingerprint density at radius 2 is 2.03 bits per heavy atom. The summed E-state index contributed by atoms with van der Waals surface area (Å²) in [5.74, 6) is -1.30. The highest BCUT2D eigenvalue weighted by Crippen LogP contribution is 2.47. The van der Waals surface area contributed by atoms with Gasteiger partial charge in [-0.25, -0.2) is 14.2 Å². The molecule has 0 spiro atoms. The number of carbonyl (C=O) groups is 2. The Morgan fingerprint density at radius 3 is 2.69 bits per heavy atom. The van der Waals surface area contributed by atoms with Gasteiger partial charge in [-0.15, -0.1) is 0 Å². The van der Waals surface area contributed by atoms with Gasteiger partial charge >= 0.3 is 5.97 Å². The Balaban J connectivity index is 1.66. The highest BCUT2D eigenvalue weighted by Gasteiger charge is 2.46. The zero-order valence-corrected chi connectivity index (χ0v) is 23.4. The molecule has 2 aromatic heterocycles. The molecule has 0 saturated carbocycles. The summed E-state index contributed by atoms with van der Waals surface area (Å²) in [6.07, 6.45) is 1.19. The average molecular weight is 552 g/mol. The number of nitrogens with zero attached hydrogens (tertiary/aromatic N) is 3. The minimum atomic E-state index is -1.94. The van der Waals surface area contributed by atoms with Gasteiger partial charge in [-0.1, -0.05) is 6.92 Å². The maximum absolute atomic E-state index is 15.1. The summed E-state index contributed by atoms with van der Waals surface area (Å²) in [4.78, 5) is 46.2. The largest absolute Gasteiger partial charge is 0.458 e. The fourth-order valence-corrected chi connectivity index (χ4v) is 6.65. The average Bonchev–Trinajstić information content (AvgIpc) is 3.27. The Morgan fingerprint density at radius 1 is 1.31 bits per heavy atom. The number of cyclic esters (lactones) is 1. The smallest absolute Gasteiger partial charge is 0.343 e. The van der Waals surface area contributed by atoms with Crippen molar-refractivity contribution < 1.29 is 23.8 Å². The lowest BCUT2D eigenvalue weighted by atomic mass is 9.81. The molecule has 4 heterocycles. The van der Waals surface area contributed by atoms with Crippen molar-refractivity contribution in [1.82, 2.24) is 14.5 Å². The van der Waals surface area contributed by atoms with Crippen LogP contribution in [0.15, 0.2) is 16.9 Å². The number of thiol groups is 1. The maximum Gasteiger partial charge on any atom is 0.343 e. The third-order valence-electron chi connectivity index (χ3n) is 8.66. The summed E-state index contributed by atoms with van der Waals surface area (Å²) >= 11 is 4.51. The van der Waals surface area contributed by atoms with Crippen LogP contribution in [0.3, 0.4) is 0 Å². The fourth-order valence-electron chi connectivity index (χ4n) is 6.49. The first kappa shape index (κ1) is 26.0. The summed E-state index contributed by atoms with van der Waals surface area (Å²) in [6.45, 7) is 6.87. The van der Waals surface area contributed by atoms with Crippen molar-refractivity contribution in [3.63, 3.8) is 0 Å². The SMILES string of the molecule is CC[C@@]1(O)C(=O)OCc2c1cc1n(c2=O)Cc2c-1nc1cc(F)c(C)c3c1c2[C@@H](N(C)C(=O)C(C)(C)S)CC3. The molecule has 0 radical (unpaired) electrons. The molecule has 3 aliphatic rings. The maximum atomic E-state index is 15.1. The van der Waals surface area contributed by atoms with Crippen molar-refractivity contribution in [2.45, 2.75) is 76.5 Å². The van der Waals surface area contributed by atoms with Crippen molar-refractivity contribution in [1.29, 1.82) is 0 Å². The summed E-state index contributed by atoms with van der Waals surface area (Å²) in [7, 11) is 1.75. The predicted octanol–water partition coefficient (Wildman–Crippen LogP) is 3.68. The summed E-state index contributed by atoms with van der Waals surface area (Å²) in [6, 6.07) is 2.72. The number of hydrogen-bond donors (Lipinski definition) is 2. The number of hydrogen-bond acceptors (Lipinski definition) is 7. The van der Waals surface area contributed by atoms with Gasteiger partial charge in [-0.05, 0) is 62.8 Å². The Kier molecular flexibility index (Phi) is 5.59. The normalized spacial score (nSPS) is 21.3. The van der Waals surface area contributed by atoms with Gasteiger partial charge < -0.3 is 19.3 Å². The van der Waals surface area contributed by atoms with Crippen LogP contribution in [-0.2, 0) is 39.5 Å². The van der Waals surface area contributed by atoms with E-state index in [9.17, 15) is 19.5 Å². The molecule has 0 saturated heterocycles. The quantitative estimate of drug-likeness (QED) is 0.298. The lowest BCUT2D eigenvalue weighted by Gasteiger charge is -2.37. The van der Waals surface area contributed by atoms with Crippen LogP contribution in [-0.4, -0.2) is 43.2 Å². The number of aliphatic hydroxyl groups is 1. The Hall–Kier alpha value is -3.24. The van der Waals surface area contributed by atoms with E-state index in [4.69, 9.17) is 9.72 Å². The van der Waals surface area contributed by atoms with E-state index in [0.29, 0.717) is 35.3 Å². The number of rotatable bonds is 3. The summed E-state index contributed by atoms with van der Waals surface area (Å²) < 4.78 is 20.9. The molecule has 3 aromatic rings. The standard InChI is InChI=1S/C29H30FN3O5S/c1-6-29(37)17-9-21-24-15(11-33(21)25(34)16(17)12-38-27(29)36)23-20(32(5)26(35)28(3,4)39)8-7-14-13(2)18(30)10-19(31-24)22(14)23/h9-10,20,37,39H,6-8,11-12H2,1-5H3/t20-,29-/m0/s1. The van der Waals surface area contributed by atoms with E-state index < -0.39 is 16.3 Å². The van der Waals surface area contributed by atoms with Crippen molar-refractivity contribution in [2.24, 2.45) is 0 Å². The number of aryl methyl sites for hydroxylation is 1. The van der Waals surface area contributed by atoms with E-state index in [1.807, 2.05) is 0 Å². The molecule has 0 bridgehead atoms. The van der Waals surface area contributed by atoms with Crippen LogP contribution in [0.25, 0.3) is 22.3 Å². The molecule has 0 unspecified atom stereocenters. The van der Waals surface area contributed by atoms with Gasteiger partial charge in [0.1, 0.15) is 12.4 Å². The molecule has 2 aliphatic heterocycles. The van der Waals surface area contributed by atoms with E-state index >= 15 is 4.39 Å². The van der Waals surface area contributed by atoms with Gasteiger partial charge in [0, 0.05) is 29.6 Å². The minimum Gasteiger partial charge on any atom is -0.458 e. The van der Waals surface area contributed by atoms with E-state index in [1.165, 1.54) is 6.07 Å². The predicted molar refractivity (Wildman–Crippen MR) is 146 cm³/mol. The molecule has 39 heavy (non-hydrogen) atoms. The molecule has 2 atom stereocenters. The second kappa shape index (κ2) is 8.38. The number of benzene rings is 1. The number of carbonyl (C=O) groups excluding carboxylic acids is 2. The minimum absolute atomic E-state index is 0.0350. The van der Waals surface area contributed by atoms with Crippen LogP contribution in [0.5, 0.6) is 0 Å².